The number of carbonyl (C=O) groups is 1. The standard InChI is InChI=1S/C19H28N2O3S/c1-13-6-4-8-17(14(13)2)20-19(22)16-9-10-18-15(12-16)7-5-11-21(18)25(3,23)24/h9-10,12-14,17H,4-8,11H2,1-3H3,(H,20,22). The Morgan fingerprint density at radius 2 is 1.96 bits per heavy atom. The number of hydrogen-bond donors (Lipinski definition) is 1. The fourth-order valence-electron chi connectivity index (χ4n) is 4.09. The molecule has 1 heterocycles. The van der Waals surface area contributed by atoms with Gasteiger partial charge in [-0.2, -0.15) is 0 Å². The summed E-state index contributed by atoms with van der Waals surface area (Å²) in [6.07, 6.45) is 6.23. The van der Waals surface area contributed by atoms with Crippen LogP contribution in [0.4, 0.5) is 5.69 Å². The van der Waals surface area contributed by atoms with Gasteiger partial charge in [-0.1, -0.05) is 26.7 Å². The second-order valence-corrected chi connectivity index (χ2v) is 9.54. The van der Waals surface area contributed by atoms with E-state index in [9.17, 15) is 13.2 Å². The van der Waals surface area contributed by atoms with Crippen molar-refractivity contribution in [2.75, 3.05) is 17.1 Å². The van der Waals surface area contributed by atoms with Gasteiger partial charge in [0.15, 0.2) is 0 Å². The molecule has 1 aromatic carbocycles. The summed E-state index contributed by atoms with van der Waals surface area (Å²) in [5.74, 6) is 1.06. The van der Waals surface area contributed by atoms with E-state index in [4.69, 9.17) is 0 Å². The zero-order valence-electron chi connectivity index (χ0n) is 15.3. The molecule has 1 aliphatic heterocycles. The highest BCUT2D eigenvalue weighted by Gasteiger charge is 2.29. The number of aryl methyl sites for hydroxylation is 1. The lowest BCUT2D eigenvalue weighted by Gasteiger charge is -2.34. The summed E-state index contributed by atoms with van der Waals surface area (Å²) in [6.45, 7) is 4.97. The number of sulfonamides is 1. The van der Waals surface area contributed by atoms with E-state index in [0.29, 0.717) is 29.6 Å². The van der Waals surface area contributed by atoms with Crippen LogP contribution >= 0.6 is 0 Å². The monoisotopic (exact) mass is 364 g/mol. The first-order valence-electron chi connectivity index (χ1n) is 9.19. The molecule has 2 aliphatic rings. The van der Waals surface area contributed by atoms with Gasteiger partial charge < -0.3 is 5.32 Å². The van der Waals surface area contributed by atoms with Gasteiger partial charge in [0.2, 0.25) is 10.0 Å². The van der Waals surface area contributed by atoms with Gasteiger partial charge in [0.05, 0.1) is 11.9 Å². The lowest BCUT2D eigenvalue weighted by molar-refractivity contribution is 0.0891. The molecule has 0 radical (unpaired) electrons. The molecule has 1 amide bonds. The Kier molecular flexibility index (Phi) is 5.09. The van der Waals surface area contributed by atoms with Gasteiger partial charge in [0.1, 0.15) is 0 Å². The number of anilines is 1. The fraction of sp³-hybridized carbons (Fsp3) is 0.632. The fourth-order valence-corrected chi connectivity index (χ4v) is 5.08. The van der Waals surface area contributed by atoms with Crippen molar-refractivity contribution in [3.63, 3.8) is 0 Å². The molecular weight excluding hydrogens is 336 g/mol. The Morgan fingerprint density at radius 1 is 1.20 bits per heavy atom. The molecule has 138 valence electrons. The van der Waals surface area contributed by atoms with E-state index in [-0.39, 0.29) is 11.9 Å². The molecule has 1 fully saturated rings. The van der Waals surface area contributed by atoms with E-state index in [2.05, 4.69) is 19.2 Å². The van der Waals surface area contributed by atoms with Crippen molar-refractivity contribution in [3.05, 3.63) is 29.3 Å². The van der Waals surface area contributed by atoms with Crippen LogP contribution in [0.1, 0.15) is 55.5 Å². The summed E-state index contributed by atoms with van der Waals surface area (Å²) in [5, 5.41) is 3.19. The van der Waals surface area contributed by atoms with Crippen LogP contribution in [0.15, 0.2) is 18.2 Å². The highest BCUT2D eigenvalue weighted by Crippen LogP contribution is 2.31. The average molecular weight is 365 g/mol. The molecule has 5 nitrogen and oxygen atoms in total. The van der Waals surface area contributed by atoms with E-state index >= 15 is 0 Å². The zero-order chi connectivity index (χ0) is 18.2. The molecule has 25 heavy (non-hydrogen) atoms. The van der Waals surface area contributed by atoms with Crippen LogP contribution in [0.25, 0.3) is 0 Å². The molecule has 1 aliphatic carbocycles. The number of hydrogen-bond acceptors (Lipinski definition) is 3. The normalized spacial score (nSPS) is 26.8. The second kappa shape index (κ2) is 6.98. The van der Waals surface area contributed by atoms with E-state index in [1.54, 1.807) is 12.1 Å². The maximum atomic E-state index is 12.7. The predicted molar refractivity (Wildman–Crippen MR) is 100 cm³/mol. The van der Waals surface area contributed by atoms with Gasteiger partial charge in [0, 0.05) is 18.2 Å². The average Bonchev–Trinajstić information content (AvgIpc) is 2.57. The number of benzene rings is 1. The summed E-state index contributed by atoms with van der Waals surface area (Å²) < 4.78 is 25.3. The van der Waals surface area contributed by atoms with Crippen LogP contribution < -0.4 is 9.62 Å². The van der Waals surface area contributed by atoms with Gasteiger partial charge >= 0.3 is 0 Å². The molecular formula is C19H28N2O3S. The first-order chi connectivity index (χ1) is 11.8. The number of nitrogens with zero attached hydrogens (tertiary/aromatic N) is 1. The molecule has 3 unspecified atom stereocenters. The van der Waals surface area contributed by atoms with E-state index in [1.807, 2.05) is 6.07 Å². The summed E-state index contributed by atoms with van der Waals surface area (Å²) in [6, 6.07) is 5.60. The Labute approximate surface area is 150 Å². The lowest BCUT2D eigenvalue weighted by Crippen LogP contribution is -2.43. The highest BCUT2D eigenvalue weighted by molar-refractivity contribution is 7.92. The molecule has 1 saturated carbocycles. The minimum absolute atomic E-state index is 0.0507. The van der Waals surface area contributed by atoms with E-state index in [0.717, 1.165) is 31.2 Å². The van der Waals surface area contributed by atoms with Crippen molar-refractivity contribution in [3.8, 4) is 0 Å². The quantitative estimate of drug-likeness (QED) is 0.897. The van der Waals surface area contributed by atoms with Crippen molar-refractivity contribution >= 4 is 21.6 Å². The van der Waals surface area contributed by atoms with Gasteiger partial charge in [-0.15, -0.1) is 0 Å². The first-order valence-corrected chi connectivity index (χ1v) is 11.0. The Morgan fingerprint density at radius 3 is 2.68 bits per heavy atom. The maximum absolute atomic E-state index is 12.7. The molecule has 0 bridgehead atoms. The van der Waals surface area contributed by atoms with Crippen LogP contribution in [-0.4, -0.2) is 33.2 Å². The van der Waals surface area contributed by atoms with Gasteiger partial charge in [0.25, 0.3) is 5.91 Å². The number of carbonyl (C=O) groups excluding carboxylic acids is 1. The molecule has 6 heteroatoms. The molecule has 3 rings (SSSR count). The van der Waals surface area contributed by atoms with Gasteiger partial charge in [-0.05, 0) is 54.9 Å². The topological polar surface area (TPSA) is 66.5 Å². The SMILES string of the molecule is CC1CCCC(NC(=O)c2ccc3c(c2)CCCN3S(C)(=O)=O)C1C. The van der Waals surface area contributed by atoms with Crippen LogP contribution in [0, 0.1) is 11.8 Å². The Hall–Kier alpha value is -1.56. The van der Waals surface area contributed by atoms with Crippen LogP contribution in [0.2, 0.25) is 0 Å². The van der Waals surface area contributed by atoms with Crippen molar-refractivity contribution in [1.29, 1.82) is 0 Å². The van der Waals surface area contributed by atoms with Crippen LogP contribution in [0.3, 0.4) is 0 Å². The summed E-state index contributed by atoms with van der Waals surface area (Å²) in [5.41, 5.74) is 2.28. The number of nitrogens with one attached hydrogen (secondary N) is 1. The largest absolute Gasteiger partial charge is 0.349 e. The first kappa shape index (κ1) is 18.2. The Bertz CT molecular complexity index is 760. The smallest absolute Gasteiger partial charge is 0.251 e. The molecule has 3 atom stereocenters. The third-order valence-electron chi connectivity index (χ3n) is 5.84. The molecule has 1 N–H and O–H groups in total. The number of fused-ring (bicyclic) bond motifs is 1. The summed E-state index contributed by atoms with van der Waals surface area (Å²) in [4.78, 5) is 12.7. The third kappa shape index (κ3) is 3.84. The van der Waals surface area contributed by atoms with Crippen molar-refractivity contribution in [2.24, 2.45) is 11.8 Å². The second-order valence-electron chi connectivity index (χ2n) is 7.63. The molecule has 0 aromatic heterocycles. The predicted octanol–water partition coefficient (Wildman–Crippen LogP) is 2.95. The maximum Gasteiger partial charge on any atom is 0.251 e. The van der Waals surface area contributed by atoms with Crippen LogP contribution in [-0.2, 0) is 16.4 Å². The summed E-state index contributed by atoms with van der Waals surface area (Å²) in [7, 11) is -3.28. The zero-order valence-corrected chi connectivity index (χ0v) is 16.1. The number of amides is 1. The molecule has 0 saturated heterocycles. The third-order valence-corrected chi connectivity index (χ3v) is 7.02. The summed E-state index contributed by atoms with van der Waals surface area (Å²) >= 11 is 0. The molecule has 0 spiro atoms. The van der Waals surface area contributed by atoms with Crippen molar-refractivity contribution in [1.82, 2.24) is 5.32 Å². The van der Waals surface area contributed by atoms with Gasteiger partial charge in [-0.3, -0.25) is 9.10 Å². The van der Waals surface area contributed by atoms with E-state index in [1.165, 1.54) is 17.0 Å². The highest BCUT2D eigenvalue weighted by atomic mass is 32.2. The minimum Gasteiger partial charge on any atom is -0.349 e. The molecule has 1 aromatic rings. The lowest BCUT2D eigenvalue weighted by atomic mass is 9.78. The number of rotatable bonds is 3. The van der Waals surface area contributed by atoms with E-state index < -0.39 is 10.0 Å². The van der Waals surface area contributed by atoms with Gasteiger partial charge in [-0.25, -0.2) is 8.42 Å². The minimum atomic E-state index is -3.28. The van der Waals surface area contributed by atoms with Crippen molar-refractivity contribution < 1.29 is 13.2 Å². The Balaban J connectivity index is 1.79. The van der Waals surface area contributed by atoms with Crippen LogP contribution in [0.5, 0.6) is 0 Å². The van der Waals surface area contributed by atoms with Crippen molar-refractivity contribution in [2.45, 2.75) is 52.0 Å².